The summed E-state index contributed by atoms with van der Waals surface area (Å²) in [5, 5.41) is 2.97. The average Bonchev–Trinajstić information content (AvgIpc) is 3.17. The van der Waals surface area contributed by atoms with Gasteiger partial charge in [0.2, 0.25) is 5.91 Å². The molecule has 0 aromatic rings. The molecular formula is C15H28N2O2. The molecule has 0 heterocycles. The molecule has 1 amide bonds. The van der Waals surface area contributed by atoms with Crippen molar-refractivity contribution >= 4 is 5.91 Å². The summed E-state index contributed by atoms with van der Waals surface area (Å²) in [5.74, 6) is 1.40. The van der Waals surface area contributed by atoms with Crippen LogP contribution < -0.4 is 11.1 Å². The lowest BCUT2D eigenvalue weighted by Gasteiger charge is -2.35. The van der Waals surface area contributed by atoms with Crippen molar-refractivity contribution in [2.24, 2.45) is 17.6 Å². The van der Waals surface area contributed by atoms with Crippen LogP contribution in [-0.2, 0) is 9.53 Å². The van der Waals surface area contributed by atoms with Gasteiger partial charge in [0, 0.05) is 19.8 Å². The first-order valence-electron chi connectivity index (χ1n) is 7.75. The lowest BCUT2D eigenvalue weighted by atomic mass is 9.76. The first-order chi connectivity index (χ1) is 9.10. The molecule has 0 saturated heterocycles. The van der Waals surface area contributed by atoms with E-state index in [4.69, 9.17) is 10.5 Å². The lowest BCUT2D eigenvalue weighted by molar-refractivity contribution is -0.128. The van der Waals surface area contributed by atoms with Crippen LogP contribution in [0.25, 0.3) is 0 Å². The van der Waals surface area contributed by atoms with Gasteiger partial charge in [-0.3, -0.25) is 4.79 Å². The highest BCUT2D eigenvalue weighted by Gasteiger charge is 2.37. The van der Waals surface area contributed by atoms with Crippen LogP contribution in [0.4, 0.5) is 0 Å². The Balaban J connectivity index is 1.57. The van der Waals surface area contributed by atoms with Gasteiger partial charge in [-0.1, -0.05) is 19.8 Å². The molecular weight excluding hydrogens is 240 g/mol. The molecule has 2 atom stereocenters. The molecule has 19 heavy (non-hydrogen) atoms. The van der Waals surface area contributed by atoms with Crippen LogP contribution in [0, 0.1) is 11.8 Å². The molecule has 0 bridgehead atoms. The first kappa shape index (κ1) is 14.8. The number of nitrogens with two attached hydrogens (primary N) is 1. The van der Waals surface area contributed by atoms with Gasteiger partial charge in [-0.2, -0.15) is 0 Å². The SMILES string of the molecule is CC1CCCC(N)(C(=O)NCCCOCC2CC2)C1. The summed E-state index contributed by atoms with van der Waals surface area (Å²) in [7, 11) is 0. The van der Waals surface area contributed by atoms with E-state index in [2.05, 4.69) is 12.2 Å². The second-order valence-corrected chi connectivity index (χ2v) is 6.49. The van der Waals surface area contributed by atoms with E-state index in [9.17, 15) is 4.79 Å². The average molecular weight is 268 g/mol. The van der Waals surface area contributed by atoms with E-state index < -0.39 is 5.54 Å². The van der Waals surface area contributed by atoms with Crippen LogP contribution >= 0.6 is 0 Å². The van der Waals surface area contributed by atoms with Crippen molar-refractivity contribution in [1.82, 2.24) is 5.32 Å². The van der Waals surface area contributed by atoms with Crippen LogP contribution in [0.15, 0.2) is 0 Å². The Kier molecular flexibility index (Phi) is 5.22. The molecule has 0 aliphatic heterocycles. The maximum absolute atomic E-state index is 12.1. The van der Waals surface area contributed by atoms with Gasteiger partial charge >= 0.3 is 0 Å². The summed E-state index contributed by atoms with van der Waals surface area (Å²) < 4.78 is 5.54. The molecule has 4 heteroatoms. The Bertz CT molecular complexity index is 305. The monoisotopic (exact) mass is 268 g/mol. The van der Waals surface area contributed by atoms with Crippen molar-refractivity contribution in [2.45, 2.75) is 57.4 Å². The Morgan fingerprint density at radius 1 is 1.42 bits per heavy atom. The van der Waals surface area contributed by atoms with Gasteiger partial charge in [0.15, 0.2) is 0 Å². The van der Waals surface area contributed by atoms with Crippen molar-refractivity contribution in [3.8, 4) is 0 Å². The number of carbonyl (C=O) groups is 1. The molecule has 4 nitrogen and oxygen atoms in total. The number of hydrogen-bond acceptors (Lipinski definition) is 3. The first-order valence-corrected chi connectivity index (χ1v) is 7.75. The number of ether oxygens (including phenoxy) is 1. The van der Waals surface area contributed by atoms with Crippen molar-refractivity contribution in [2.75, 3.05) is 19.8 Å². The molecule has 2 fully saturated rings. The molecule has 2 rings (SSSR count). The van der Waals surface area contributed by atoms with E-state index in [-0.39, 0.29) is 5.91 Å². The fraction of sp³-hybridized carbons (Fsp3) is 0.933. The fourth-order valence-electron chi connectivity index (χ4n) is 2.88. The highest BCUT2D eigenvalue weighted by molar-refractivity contribution is 5.86. The van der Waals surface area contributed by atoms with Crippen molar-refractivity contribution in [3.63, 3.8) is 0 Å². The normalized spacial score (nSPS) is 31.2. The third-order valence-corrected chi connectivity index (χ3v) is 4.29. The third kappa shape index (κ3) is 4.77. The van der Waals surface area contributed by atoms with Gasteiger partial charge in [0.05, 0.1) is 5.54 Å². The largest absolute Gasteiger partial charge is 0.381 e. The molecule has 3 N–H and O–H groups in total. The van der Waals surface area contributed by atoms with E-state index in [1.165, 1.54) is 19.3 Å². The molecule has 0 aromatic heterocycles. The number of carbonyl (C=O) groups excluding carboxylic acids is 1. The molecule has 2 aliphatic carbocycles. The van der Waals surface area contributed by atoms with Crippen LogP contribution in [-0.4, -0.2) is 31.2 Å². The smallest absolute Gasteiger partial charge is 0.240 e. The fourth-order valence-corrected chi connectivity index (χ4v) is 2.88. The van der Waals surface area contributed by atoms with Crippen molar-refractivity contribution in [3.05, 3.63) is 0 Å². The molecule has 110 valence electrons. The van der Waals surface area contributed by atoms with Gasteiger partial charge in [0.1, 0.15) is 0 Å². The minimum Gasteiger partial charge on any atom is -0.381 e. The number of nitrogens with one attached hydrogen (secondary N) is 1. The predicted octanol–water partition coefficient (Wildman–Crippen LogP) is 1.83. The Hall–Kier alpha value is -0.610. The van der Waals surface area contributed by atoms with E-state index in [0.29, 0.717) is 12.5 Å². The number of rotatable bonds is 7. The molecule has 2 aliphatic rings. The molecule has 2 saturated carbocycles. The zero-order valence-corrected chi connectivity index (χ0v) is 12.1. The van der Waals surface area contributed by atoms with Gasteiger partial charge in [0.25, 0.3) is 0 Å². The van der Waals surface area contributed by atoms with E-state index in [1.54, 1.807) is 0 Å². The molecule has 0 radical (unpaired) electrons. The van der Waals surface area contributed by atoms with E-state index >= 15 is 0 Å². The maximum Gasteiger partial charge on any atom is 0.240 e. The van der Waals surface area contributed by atoms with Crippen LogP contribution in [0.3, 0.4) is 0 Å². The Morgan fingerprint density at radius 2 is 2.21 bits per heavy atom. The van der Waals surface area contributed by atoms with Gasteiger partial charge in [-0.15, -0.1) is 0 Å². The summed E-state index contributed by atoms with van der Waals surface area (Å²) in [6.45, 7) is 4.49. The van der Waals surface area contributed by atoms with E-state index in [0.717, 1.165) is 44.8 Å². The Morgan fingerprint density at radius 3 is 2.89 bits per heavy atom. The standard InChI is InChI=1S/C15H28N2O2/c1-12-4-2-7-15(16,10-12)14(18)17-8-3-9-19-11-13-5-6-13/h12-13H,2-11,16H2,1H3,(H,17,18). The highest BCUT2D eigenvalue weighted by atomic mass is 16.5. The van der Waals surface area contributed by atoms with Crippen LogP contribution in [0.2, 0.25) is 0 Å². The summed E-state index contributed by atoms with van der Waals surface area (Å²) in [5.41, 5.74) is 5.61. The van der Waals surface area contributed by atoms with Gasteiger partial charge in [-0.05, 0) is 43.9 Å². The lowest BCUT2D eigenvalue weighted by Crippen LogP contribution is -2.56. The Labute approximate surface area is 116 Å². The second-order valence-electron chi connectivity index (χ2n) is 6.49. The maximum atomic E-state index is 12.1. The summed E-state index contributed by atoms with van der Waals surface area (Å²) in [6.07, 6.45) is 7.43. The minimum atomic E-state index is -0.632. The second kappa shape index (κ2) is 6.71. The van der Waals surface area contributed by atoms with Crippen molar-refractivity contribution in [1.29, 1.82) is 0 Å². The zero-order valence-electron chi connectivity index (χ0n) is 12.1. The quantitative estimate of drug-likeness (QED) is 0.692. The van der Waals surface area contributed by atoms with Crippen LogP contribution in [0.5, 0.6) is 0 Å². The summed E-state index contributed by atoms with van der Waals surface area (Å²) in [6, 6.07) is 0. The van der Waals surface area contributed by atoms with Crippen LogP contribution in [0.1, 0.15) is 51.9 Å². The zero-order chi connectivity index (χ0) is 13.7. The van der Waals surface area contributed by atoms with Gasteiger partial charge < -0.3 is 15.8 Å². The molecule has 2 unspecified atom stereocenters. The topological polar surface area (TPSA) is 64.4 Å². The minimum absolute atomic E-state index is 0.0289. The van der Waals surface area contributed by atoms with E-state index in [1.807, 2.05) is 0 Å². The van der Waals surface area contributed by atoms with Gasteiger partial charge in [-0.25, -0.2) is 0 Å². The van der Waals surface area contributed by atoms with Crippen molar-refractivity contribution < 1.29 is 9.53 Å². The highest BCUT2D eigenvalue weighted by Crippen LogP contribution is 2.30. The predicted molar refractivity (Wildman–Crippen MR) is 75.7 cm³/mol. The molecule has 0 aromatic carbocycles. The summed E-state index contributed by atoms with van der Waals surface area (Å²) in [4.78, 5) is 12.1. The number of amides is 1. The molecule has 0 spiro atoms. The number of hydrogen-bond donors (Lipinski definition) is 2. The third-order valence-electron chi connectivity index (χ3n) is 4.29. The summed E-state index contributed by atoms with van der Waals surface area (Å²) >= 11 is 0.